The molecule has 5 nitrogen and oxygen atoms in total. The van der Waals surface area contributed by atoms with Crippen molar-refractivity contribution < 1.29 is 14.3 Å². The fraction of sp³-hybridized carbons (Fsp3) is 0.467. The van der Waals surface area contributed by atoms with Crippen LogP contribution in [0.4, 0.5) is 0 Å². The van der Waals surface area contributed by atoms with Crippen LogP contribution in [-0.2, 0) is 9.53 Å². The molecule has 0 unspecified atom stereocenters. The lowest BCUT2D eigenvalue weighted by molar-refractivity contribution is -0.142. The van der Waals surface area contributed by atoms with Crippen LogP contribution in [0.15, 0.2) is 22.7 Å². The number of carbonyl (C=O) groups is 2. The molecule has 1 aliphatic heterocycles. The van der Waals surface area contributed by atoms with Gasteiger partial charge in [-0.1, -0.05) is 15.9 Å². The van der Waals surface area contributed by atoms with E-state index >= 15 is 0 Å². The number of hydrogen-bond acceptors (Lipinski definition) is 4. The van der Waals surface area contributed by atoms with E-state index in [0.717, 1.165) is 10.0 Å². The van der Waals surface area contributed by atoms with Crippen LogP contribution in [0.2, 0.25) is 0 Å². The number of ether oxygens (including phenoxy) is 1. The first-order valence-electron chi connectivity index (χ1n) is 6.86. The standard InChI is InChI=1S/C15H19BrN2O3/c1-11-9-12(3-4-13(11)16)15(20)18-7-5-17(6-8-18)10-14(19)21-2/h3-4,9H,5-8,10H2,1-2H3. The Morgan fingerprint density at radius 2 is 1.90 bits per heavy atom. The molecule has 0 aromatic heterocycles. The molecule has 1 aromatic carbocycles. The molecule has 0 bridgehead atoms. The van der Waals surface area contributed by atoms with Gasteiger partial charge in [-0.15, -0.1) is 0 Å². The molecule has 21 heavy (non-hydrogen) atoms. The van der Waals surface area contributed by atoms with Gasteiger partial charge in [0.15, 0.2) is 0 Å². The van der Waals surface area contributed by atoms with E-state index in [0.29, 0.717) is 31.7 Å². The number of rotatable bonds is 3. The molecule has 1 heterocycles. The molecule has 0 spiro atoms. The molecule has 0 atom stereocenters. The van der Waals surface area contributed by atoms with Gasteiger partial charge in [-0.25, -0.2) is 0 Å². The monoisotopic (exact) mass is 354 g/mol. The Morgan fingerprint density at radius 3 is 2.48 bits per heavy atom. The van der Waals surface area contributed by atoms with Crippen molar-refractivity contribution in [3.63, 3.8) is 0 Å². The van der Waals surface area contributed by atoms with E-state index in [1.54, 1.807) is 0 Å². The quantitative estimate of drug-likeness (QED) is 0.775. The number of amides is 1. The minimum Gasteiger partial charge on any atom is -0.468 e. The van der Waals surface area contributed by atoms with Crippen LogP contribution in [0.25, 0.3) is 0 Å². The number of carbonyl (C=O) groups excluding carboxylic acids is 2. The second kappa shape index (κ2) is 7.04. The number of benzene rings is 1. The van der Waals surface area contributed by atoms with Gasteiger partial charge in [-0.2, -0.15) is 0 Å². The van der Waals surface area contributed by atoms with Crippen LogP contribution in [-0.4, -0.2) is 61.5 Å². The highest BCUT2D eigenvalue weighted by molar-refractivity contribution is 9.10. The minimum absolute atomic E-state index is 0.0447. The highest BCUT2D eigenvalue weighted by Crippen LogP contribution is 2.18. The molecule has 1 saturated heterocycles. The summed E-state index contributed by atoms with van der Waals surface area (Å²) in [6, 6.07) is 5.63. The zero-order valence-electron chi connectivity index (χ0n) is 12.3. The van der Waals surface area contributed by atoms with E-state index in [2.05, 4.69) is 20.7 Å². The van der Waals surface area contributed by atoms with Gasteiger partial charge in [0.2, 0.25) is 0 Å². The van der Waals surface area contributed by atoms with Crippen LogP contribution >= 0.6 is 15.9 Å². The molecule has 0 N–H and O–H groups in total. The number of halogens is 1. The van der Waals surface area contributed by atoms with Crippen molar-refractivity contribution >= 4 is 27.8 Å². The smallest absolute Gasteiger partial charge is 0.319 e. The van der Waals surface area contributed by atoms with Crippen LogP contribution in [0, 0.1) is 6.92 Å². The van der Waals surface area contributed by atoms with E-state index in [9.17, 15) is 9.59 Å². The number of esters is 1. The molecule has 114 valence electrons. The highest BCUT2D eigenvalue weighted by Gasteiger charge is 2.23. The summed E-state index contributed by atoms with van der Waals surface area (Å²) in [6.07, 6.45) is 0. The predicted octanol–water partition coefficient (Wildman–Crippen LogP) is 1.69. The summed E-state index contributed by atoms with van der Waals surface area (Å²) in [5, 5.41) is 0. The van der Waals surface area contributed by atoms with E-state index in [1.807, 2.05) is 34.9 Å². The lowest BCUT2D eigenvalue weighted by Crippen LogP contribution is -2.50. The Hall–Kier alpha value is -1.40. The average Bonchev–Trinajstić information content (AvgIpc) is 2.50. The second-order valence-corrected chi connectivity index (χ2v) is 5.96. The third-order valence-electron chi connectivity index (χ3n) is 3.64. The van der Waals surface area contributed by atoms with Gasteiger partial charge in [0.05, 0.1) is 13.7 Å². The number of piperazine rings is 1. The molecule has 0 radical (unpaired) electrons. The van der Waals surface area contributed by atoms with Crippen molar-refractivity contribution in [2.45, 2.75) is 6.92 Å². The summed E-state index contributed by atoms with van der Waals surface area (Å²) >= 11 is 3.44. The van der Waals surface area contributed by atoms with E-state index in [-0.39, 0.29) is 18.4 Å². The van der Waals surface area contributed by atoms with Crippen LogP contribution in [0.1, 0.15) is 15.9 Å². The SMILES string of the molecule is COC(=O)CN1CCN(C(=O)c2ccc(Br)c(C)c2)CC1. The Kier molecular flexibility index (Phi) is 5.36. The molecule has 0 aliphatic carbocycles. The van der Waals surface area contributed by atoms with Gasteiger partial charge in [-0.05, 0) is 30.7 Å². The van der Waals surface area contributed by atoms with E-state index < -0.39 is 0 Å². The van der Waals surface area contributed by atoms with Crippen molar-refractivity contribution in [2.24, 2.45) is 0 Å². The summed E-state index contributed by atoms with van der Waals surface area (Å²) in [6.45, 7) is 4.90. The average molecular weight is 355 g/mol. The maximum Gasteiger partial charge on any atom is 0.319 e. The molecule has 0 saturated carbocycles. The van der Waals surface area contributed by atoms with Gasteiger partial charge >= 0.3 is 5.97 Å². The molecular formula is C15H19BrN2O3. The zero-order chi connectivity index (χ0) is 15.4. The molecule has 1 fully saturated rings. The van der Waals surface area contributed by atoms with Crippen molar-refractivity contribution in [1.29, 1.82) is 0 Å². The highest BCUT2D eigenvalue weighted by atomic mass is 79.9. The summed E-state index contributed by atoms with van der Waals surface area (Å²) in [4.78, 5) is 27.5. The van der Waals surface area contributed by atoms with Crippen LogP contribution in [0.3, 0.4) is 0 Å². The van der Waals surface area contributed by atoms with Gasteiger partial charge < -0.3 is 9.64 Å². The Balaban J connectivity index is 1.93. The number of hydrogen-bond donors (Lipinski definition) is 0. The molecule has 2 rings (SSSR count). The fourth-order valence-corrected chi connectivity index (χ4v) is 2.56. The van der Waals surface area contributed by atoms with Gasteiger partial charge in [0, 0.05) is 36.2 Å². The second-order valence-electron chi connectivity index (χ2n) is 5.11. The van der Waals surface area contributed by atoms with Crippen molar-refractivity contribution in [3.8, 4) is 0 Å². The van der Waals surface area contributed by atoms with Gasteiger partial charge in [0.1, 0.15) is 0 Å². The molecular weight excluding hydrogens is 336 g/mol. The molecule has 1 amide bonds. The first kappa shape index (κ1) is 16.0. The lowest BCUT2D eigenvalue weighted by atomic mass is 10.1. The minimum atomic E-state index is -0.238. The topological polar surface area (TPSA) is 49.9 Å². The van der Waals surface area contributed by atoms with Crippen LogP contribution < -0.4 is 0 Å². The van der Waals surface area contributed by atoms with E-state index in [4.69, 9.17) is 0 Å². The third-order valence-corrected chi connectivity index (χ3v) is 4.53. The van der Waals surface area contributed by atoms with Crippen molar-refractivity contribution in [1.82, 2.24) is 9.80 Å². The Labute approximate surface area is 133 Å². The predicted molar refractivity (Wildman–Crippen MR) is 83.2 cm³/mol. The number of methoxy groups -OCH3 is 1. The molecule has 1 aromatic rings. The summed E-state index contributed by atoms with van der Waals surface area (Å²) in [7, 11) is 1.39. The normalized spacial score (nSPS) is 15.9. The van der Waals surface area contributed by atoms with Crippen LogP contribution in [0.5, 0.6) is 0 Å². The Bertz CT molecular complexity index is 540. The van der Waals surface area contributed by atoms with E-state index in [1.165, 1.54) is 7.11 Å². The van der Waals surface area contributed by atoms with Crippen molar-refractivity contribution in [3.05, 3.63) is 33.8 Å². The number of aryl methyl sites for hydroxylation is 1. The summed E-state index contributed by atoms with van der Waals surface area (Å²) in [5.41, 5.74) is 1.75. The third kappa shape index (κ3) is 4.04. The maximum absolute atomic E-state index is 12.4. The number of nitrogens with zero attached hydrogens (tertiary/aromatic N) is 2. The van der Waals surface area contributed by atoms with Gasteiger partial charge in [0.25, 0.3) is 5.91 Å². The lowest BCUT2D eigenvalue weighted by Gasteiger charge is -2.34. The molecule has 6 heteroatoms. The van der Waals surface area contributed by atoms with Gasteiger partial charge in [-0.3, -0.25) is 14.5 Å². The zero-order valence-corrected chi connectivity index (χ0v) is 13.9. The molecule has 1 aliphatic rings. The summed E-state index contributed by atoms with van der Waals surface area (Å²) in [5.74, 6) is -0.193. The summed E-state index contributed by atoms with van der Waals surface area (Å²) < 4.78 is 5.66. The van der Waals surface area contributed by atoms with Crippen molar-refractivity contribution in [2.75, 3.05) is 39.8 Å². The fourth-order valence-electron chi connectivity index (χ4n) is 2.32. The maximum atomic E-state index is 12.4. The Morgan fingerprint density at radius 1 is 1.24 bits per heavy atom. The first-order valence-corrected chi connectivity index (χ1v) is 7.65. The largest absolute Gasteiger partial charge is 0.468 e. The first-order chi connectivity index (χ1) is 10.0.